The van der Waals surface area contributed by atoms with Gasteiger partial charge in [-0.3, -0.25) is 9.10 Å². The Morgan fingerprint density at radius 3 is 2.46 bits per heavy atom. The van der Waals surface area contributed by atoms with E-state index in [1.54, 1.807) is 18.2 Å². The number of sulfonamides is 1. The van der Waals surface area contributed by atoms with E-state index >= 15 is 0 Å². The van der Waals surface area contributed by atoms with Gasteiger partial charge in [0.15, 0.2) is 0 Å². The van der Waals surface area contributed by atoms with Crippen LogP contribution in [0.5, 0.6) is 0 Å². The molecule has 1 saturated carbocycles. The van der Waals surface area contributed by atoms with Crippen molar-refractivity contribution in [1.82, 2.24) is 5.32 Å². The van der Waals surface area contributed by atoms with E-state index in [2.05, 4.69) is 5.32 Å². The third-order valence-electron chi connectivity index (χ3n) is 4.51. The van der Waals surface area contributed by atoms with Crippen LogP contribution in [-0.2, 0) is 19.6 Å². The number of carbonyl (C=O) groups excluding carboxylic acids is 1. The number of anilines is 1. The fourth-order valence-corrected chi connectivity index (χ4v) is 4.75. The Balaban J connectivity index is 1.69. The minimum atomic E-state index is -3.82. The highest BCUT2D eigenvalue weighted by Gasteiger charge is 2.52. The molecule has 0 atom stereocenters. The minimum Gasteiger partial charge on any atom is -0.480 e. The van der Waals surface area contributed by atoms with Crippen molar-refractivity contribution < 1.29 is 23.1 Å². The van der Waals surface area contributed by atoms with E-state index in [0.29, 0.717) is 23.9 Å². The van der Waals surface area contributed by atoms with Crippen molar-refractivity contribution in [3.8, 4) is 0 Å². The molecule has 4 rings (SSSR count). The van der Waals surface area contributed by atoms with E-state index in [1.165, 1.54) is 6.07 Å². The van der Waals surface area contributed by atoms with Crippen LogP contribution in [0.15, 0.2) is 41.3 Å². The van der Waals surface area contributed by atoms with Gasteiger partial charge in [-0.05, 0) is 30.4 Å². The summed E-state index contributed by atoms with van der Waals surface area (Å²) in [6.07, 6.45) is 0.716. The van der Waals surface area contributed by atoms with Crippen LogP contribution in [0, 0.1) is 0 Å². The second-order valence-electron chi connectivity index (χ2n) is 6.08. The fourth-order valence-electron chi connectivity index (χ4n) is 3.08. The lowest BCUT2D eigenvalue weighted by Gasteiger charge is -2.20. The second-order valence-corrected chi connectivity index (χ2v) is 7.91. The first-order valence-corrected chi connectivity index (χ1v) is 8.88. The molecule has 1 heterocycles. The van der Waals surface area contributed by atoms with Crippen LogP contribution in [0.2, 0.25) is 0 Å². The molecule has 0 aromatic heterocycles. The molecule has 0 spiro atoms. The number of nitrogens with zero attached hydrogens (tertiary/aromatic N) is 1. The highest BCUT2D eigenvalue weighted by atomic mass is 32.2. The number of carboxylic acids is 1. The third-order valence-corrected chi connectivity index (χ3v) is 6.31. The van der Waals surface area contributed by atoms with E-state index in [1.807, 2.05) is 12.1 Å². The summed E-state index contributed by atoms with van der Waals surface area (Å²) in [5.41, 5.74) is -0.794. The maximum absolute atomic E-state index is 12.7. The molecule has 2 aromatic rings. The number of carbonyl (C=O) groups is 2. The molecule has 2 N–H and O–H groups in total. The standard InChI is InChI=1S/C16H14N2O5S/c19-13(17-16(7-8-16)15(20)21)9-18-11-5-1-3-10-4-2-6-12(14(10)11)24(18,22)23/h1-6H,7-9H2,(H,17,19)(H,20,21). The first-order valence-electron chi connectivity index (χ1n) is 7.44. The second kappa shape index (κ2) is 4.70. The normalized spacial score (nSPS) is 19.2. The van der Waals surface area contributed by atoms with Gasteiger partial charge in [0.1, 0.15) is 12.1 Å². The van der Waals surface area contributed by atoms with Crippen LogP contribution in [-0.4, -0.2) is 37.5 Å². The molecule has 0 saturated heterocycles. The zero-order valence-electron chi connectivity index (χ0n) is 12.5. The fraction of sp³-hybridized carbons (Fsp3) is 0.250. The largest absolute Gasteiger partial charge is 0.480 e. The maximum Gasteiger partial charge on any atom is 0.329 e. The number of amides is 1. The van der Waals surface area contributed by atoms with Crippen molar-refractivity contribution >= 4 is 38.4 Å². The van der Waals surface area contributed by atoms with Crippen LogP contribution in [0.1, 0.15) is 12.8 Å². The van der Waals surface area contributed by atoms with Crippen molar-refractivity contribution in [2.24, 2.45) is 0 Å². The van der Waals surface area contributed by atoms with E-state index < -0.39 is 34.0 Å². The number of benzene rings is 2. The zero-order valence-corrected chi connectivity index (χ0v) is 13.3. The quantitative estimate of drug-likeness (QED) is 0.862. The van der Waals surface area contributed by atoms with Gasteiger partial charge in [0.05, 0.1) is 10.6 Å². The molecule has 0 unspecified atom stereocenters. The molecule has 1 amide bonds. The topological polar surface area (TPSA) is 104 Å². The van der Waals surface area contributed by atoms with Crippen molar-refractivity contribution in [3.05, 3.63) is 36.4 Å². The predicted molar refractivity (Wildman–Crippen MR) is 86.2 cm³/mol. The van der Waals surface area contributed by atoms with Gasteiger partial charge in [-0.2, -0.15) is 0 Å². The molecule has 7 nitrogen and oxygen atoms in total. The van der Waals surface area contributed by atoms with Gasteiger partial charge in [0.25, 0.3) is 10.0 Å². The minimum absolute atomic E-state index is 0.169. The average Bonchev–Trinajstić information content (AvgIpc) is 3.28. The molecule has 124 valence electrons. The average molecular weight is 346 g/mol. The number of hydrogen-bond donors (Lipinski definition) is 2. The molecular weight excluding hydrogens is 332 g/mol. The van der Waals surface area contributed by atoms with Crippen LogP contribution in [0.3, 0.4) is 0 Å². The number of carboxylic acid groups (broad SMARTS) is 1. The molecule has 24 heavy (non-hydrogen) atoms. The monoisotopic (exact) mass is 346 g/mol. The molecule has 2 aromatic carbocycles. The van der Waals surface area contributed by atoms with E-state index in [-0.39, 0.29) is 4.90 Å². The van der Waals surface area contributed by atoms with Crippen LogP contribution < -0.4 is 9.62 Å². The summed E-state index contributed by atoms with van der Waals surface area (Å²) in [7, 11) is -3.82. The summed E-state index contributed by atoms with van der Waals surface area (Å²) in [6, 6.07) is 10.2. The SMILES string of the molecule is O=C(CN1c2cccc3cccc(c23)S1(=O)=O)NC1(C(=O)O)CC1. The molecule has 1 aliphatic heterocycles. The summed E-state index contributed by atoms with van der Waals surface area (Å²) >= 11 is 0. The Morgan fingerprint density at radius 2 is 1.83 bits per heavy atom. The van der Waals surface area contributed by atoms with Gasteiger partial charge in [-0.25, -0.2) is 13.2 Å². The zero-order chi connectivity index (χ0) is 17.1. The van der Waals surface area contributed by atoms with E-state index in [0.717, 1.165) is 9.69 Å². The highest BCUT2D eigenvalue weighted by Crippen LogP contribution is 2.42. The Labute approximate surface area is 137 Å². The smallest absolute Gasteiger partial charge is 0.329 e. The molecule has 1 fully saturated rings. The van der Waals surface area contributed by atoms with Crippen molar-refractivity contribution in [2.45, 2.75) is 23.3 Å². The van der Waals surface area contributed by atoms with Crippen molar-refractivity contribution in [2.75, 3.05) is 10.8 Å². The van der Waals surface area contributed by atoms with E-state index in [4.69, 9.17) is 5.11 Å². The maximum atomic E-state index is 12.7. The van der Waals surface area contributed by atoms with Crippen LogP contribution in [0.4, 0.5) is 5.69 Å². The Bertz CT molecular complexity index is 989. The molecule has 1 aliphatic carbocycles. The molecule has 8 heteroatoms. The van der Waals surface area contributed by atoms with Gasteiger partial charge in [0, 0.05) is 5.39 Å². The van der Waals surface area contributed by atoms with Crippen molar-refractivity contribution in [3.63, 3.8) is 0 Å². The van der Waals surface area contributed by atoms with Crippen LogP contribution >= 0.6 is 0 Å². The number of hydrogen-bond acceptors (Lipinski definition) is 4. The Kier molecular flexibility index (Phi) is 2.93. The number of aliphatic carboxylic acids is 1. The lowest BCUT2D eigenvalue weighted by molar-refractivity contribution is -0.142. The Morgan fingerprint density at radius 1 is 1.17 bits per heavy atom. The first-order chi connectivity index (χ1) is 11.3. The lowest BCUT2D eigenvalue weighted by atomic mass is 10.1. The van der Waals surface area contributed by atoms with Crippen molar-refractivity contribution in [1.29, 1.82) is 0 Å². The van der Waals surface area contributed by atoms with Gasteiger partial charge in [-0.15, -0.1) is 0 Å². The van der Waals surface area contributed by atoms with Gasteiger partial charge in [0.2, 0.25) is 5.91 Å². The number of nitrogens with one attached hydrogen (secondary N) is 1. The molecule has 2 aliphatic rings. The summed E-state index contributed by atoms with van der Waals surface area (Å²) < 4.78 is 26.5. The van der Waals surface area contributed by atoms with Gasteiger partial charge >= 0.3 is 5.97 Å². The summed E-state index contributed by atoms with van der Waals surface area (Å²) in [5.74, 6) is -1.71. The summed E-state index contributed by atoms with van der Waals surface area (Å²) in [5, 5.41) is 12.9. The summed E-state index contributed by atoms with van der Waals surface area (Å²) in [4.78, 5) is 23.6. The lowest BCUT2D eigenvalue weighted by Crippen LogP contribution is -2.48. The van der Waals surface area contributed by atoms with Crippen LogP contribution in [0.25, 0.3) is 10.8 Å². The van der Waals surface area contributed by atoms with Gasteiger partial charge < -0.3 is 10.4 Å². The Hall–Kier alpha value is -2.61. The molecule has 0 radical (unpaired) electrons. The van der Waals surface area contributed by atoms with E-state index in [9.17, 15) is 18.0 Å². The number of rotatable bonds is 4. The first kappa shape index (κ1) is 14.9. The molecule has 0 bridgehead atoms. The predicted octanol–water partition coefficient (Wildman–Crippen LogP) is 1.08. The van der Waals surface area contributed by atoms with Gasteiger partial charge in [-0.1, -0.05) is 24.3 Å². The molecular formula is C16H14N2O5S. The summed E-state index contributed by atoms with van der Waals surface area (Å²) in [6.45, 7) is -0.439. The highest BCUT2D eigenvalue weighted by molar-refractivity contribution is 7.93. The third kappa shape index (κ3) is 1.99.